The predicted octanol–water partition coefficient (Wildman–Crippen LogP) is 6.15. The van der Waals surface area contributed by atoms with Gasteiger partial charge in [-0.05, 0) is 60.5 Å². The van der Waals surface area contributed by atoms with Gasteiger partial charge in [0.25, 0.3) is 0 Å². The number of pyridine rings is 1. The van der Waals surface area contributed by atoms with Gasteiger partial charge in [-0.1, -0.05) is 24.3 Å². The van der Waals surface area contributed by atoms with E-state index in [0.717, 1.165) is 56.8 Å². The normalized spacial score (nSPS) is 13.9. The minimum absolute atomic E-state index is 0.514. The maximum Gasteiger partial charge on any atom is 0.182 e. The standard InChI is InChI=1S/C28H22N8S/c29-16-20-24(17-6-9-19(10-7-17)36-12-2-1-3-13-36)25-27(23-5-4-14-37-23)33-34-28(25)30-26(20)18-8-11-21-22(15-18)32-35-31-21/h4-11,14-15H,1-3,12-13H2,(H,30,33,34)(H,31,32,35). The first kappa shape index (κ1) is 21.7. The summed E-state index contributed by atoms with van der Waals surface area (Å²) in [4.78, 5) is 8.38. The molecule has 5 heterocycles. The molecule has 1 aliphatic heterocycles. The Labute approximate surface area is 216 Å². The fourth-order valence-corrected chi connectivity index (χ4v) is 5.97. The lowest BCUT2D eigenvalue weighted by Gasteiger charge is -2.29. The maximum absolute atomic E-state index is 10.5. The average Bonchev–Trinajstić information content (AvgIpc) is 3.73. The van der Waals surface area contributed by atoms with E-state index < -0.39 is 0 Å². The first-order valence-electron chi connectivity index (χ1n) is 12.3. The van der Waals surface area contributed by atoms with E-state index in [9.17, 15) is 5.26 Å². The topological polar surface area (TPSA) is 110 Å². The van der Waals surface area contributed by atoms with Gasteiger partial charge in [-0.15, -0.1) is 11.3 Å². The van der Waals surface area contributed by atoms with E-state index in [4.69, 9.17) is 4.98 Å². The van der Waals surface area contributed by atoms with Crippen molar-refractivity contribution in [3.05, 3.63) is 65.5 Å². The smallest absolute Gasteiger partial charge is 0.182 e. The van der Waals surface area contributed by atoms with Crippen LogP contribution in [-0.4, -0.2) is 43.7 Å². The van der Waals surface area contributed by atoms with Crippen molar-refractivity contribution < 1.29 is 0 Å². The molecule has 0 saturated carbocycles. The number of thiophene rings is 1. The molecule has 2 aromatic carbocycles. The molecule has 1 saturated heterocycles. The lowest BCUT2D eigenvalue weighted by Crippen LogP contribution is -2.29. The highest BCUT2D eigenvalue weighted by molar-refractivity contribution is 7.13. The lowest BCUT2D eigenvalue weighted by atomic mass is 9.92. The molecular formula is C28H22N8S. The maximum atomic E-state index is 10.5. The summed E-state index contributed by atoms with van der Waals surface area (Å²) < 4.78 is 0. The number of nitrogens with zero attached hydrogens (tertiary/aromatic N) is 6. The largest absolute Gasteiger partial charge is 0.372 e. The van der Waals surface area contributed by atoms with Gasteiger partial charge in [0.1, 0.15) is 17.1 Å². The van der Waals surface area contributed by atoms with Crippen LogP contribution in [0.4, 0.5) is 5.69 Å². The number of nitriles is 1. The van der Waals surface area contributed by atoms with Crippen molar-refractivity contribution in [3.8, 4) is 39.0 Å². The number of rotatable bonds is 4. The summed E-state index contributed by atoms with van der Waals surface area (Å²) in [6.07, 6.45) is 3.75. The first-order valence-corrected chi connectivity index (χ1v) is 13.2. The van der Waals surface area contributed by atoms with Crippen molar-refractivity contribution in [3.63, 3.8) is 0 Å². The van der Waals surface area contributed by atoms with Crippen molar-refractivity contribution in [2.75, 3.05) is 18.0 Å². The van der Waals surface area contributed by atoms with Crippen LogP contribution in [0.25, 0.3) is 55.0 Å². The van der Waals surface area contributed by atoms with Crippen LogP contribution in [0.15, 0.2) is 60.0 Å². The minimum Gasteiger partial charge on any atom is -0.372 e. The molecule has 1 aliphatic rings. The molecule has 0 atom stereocenters. The molecule has 2 N–H and O–H groups in total. The van der Waals surface area contributed by atoms with Crippen LogP contribution in [-0.2, 0) is 0 Å². The van der Waals surface area contributed by atoms with Crippen LogP contribution in [0.3, 0.4) is 0 Å². The molecule has 180 valence electrons. The molecule has 0 amide bonds. The third-order valence-electron chi connectivity index (χ3n) is 7.05. The Morgan fingerprint density at radius 2 is 1.70 bits per heavy atom. The lowest BCUT2D eigenvalue weighted by molar-refractivity contribution is 0.578. The van der Waals surface area contributed by atoms with Crippen molar-refractivity contribution in [1.82, 2.24) is 30.6 Å². The van der Waals surface area contributed by atoms with Crippen LogP contribution in [0.1, 0.15) is 24.8 Å². The zero-order valence-corrected chi connectivity index (χ0v) is 20.7. The molecule has 0 bridgehead atoms. The second-order valence-corrected chi connectivity index (χ2v) is 10.2. The summed E-state index contributed by atoms with van der Waals surface area (Å²) in [6.45, 7) is 2.17. The Morgan fingerprint density at radius 3 is 2.49 bits per heavy atom. The van der Waals surface area contributed by atoms with E-state index in [1.807, 2.05) is 29.6 Å². The second kappa shape index (κ2) is 8.84. The number of H-pyrrole nitrogens is 2. The molecule has 9 heteroatoms. The molecule has 7 rings (SSSR count). The minimum atomic E-state index is 0.514. The Kier molecular flexibility index (Phi) is 5.18. The Bertz CT molecular complexity index is 1770. The molecular weight excluding hydrogens is 480 g/mol. The molecule has 8 nitrogen and oxygen atoms in total. The molecule has 37 heavy (non-hydrogen) atoms. The molecule has 1 fully saturated rings. The highest BCUT2D eigenvalue weighted by atomic mass is 32.1. The fraction of sp³-hybridized carbons (Fsp3) is 0.179. The molecule has 6 aromatic rings. The van der Waals surface area contributed by atoms with Gasteiger partial charge in [0.05, 0.1) is 27.2 Å². The van der Waals surface area contributed by atoms with Crippen molar-refractivity contribution >= 4 is 39.1 Å². The summed E-state index contributed by atoms with van der Waals surface area (Å²) in [5.41, 5.74) is 7.85. The van der Waals surface area contributed by atoms with Crippen LogP contribution in [0, 0.1) is 11.3 Å². The fourth-order valence-electron chi connectivity index (χ4n) is 5.24. The number of hydrogen-bond donors (Lipinski definition) is 2. The molecule has 0 radical (unpaired) electrons. The van der Waals surface area contributed by atoms with E-state index in [0.29, 0.717) is 16.9 Å². The molecule has 0 unspecified atom stereocenters. The zero-order chi connectivity index (χ0) is 24.8. The monoisotopic (exact) mass is 502 g/mol. The summed E-state index contributed by atoms with van der Waals surface area (Å²) in [6, 6.07) is 20.8. The van der Waals surface area contributed by atoms with E-state index in [1.54, 1.807) is 11.3 Å². The summed E-state index contributed by atoms with van der Waals surface area (Å²) in [7, 11) is 0. The number of fused-ring (bicyclic) bond motifs is 2. The highest BCUT2D eigenvalue weighted by Crippen LogP contribution is 2.42. The predicted molar refractivity (Wildman–Crippen MR) is 146 cm³/mol. The van der Waals surface area contributed by atoms with E-state index in [1.165, 1.54) is 24.9 Å². The Balaban J connectivity index is 1.47. The number of benzene rings is 2. The van der Waals surface area contributed by atoms with Crippen molar-refractivity contribution in [2.24, 2.45) is 0 Å². The number of nitrogens with one attached hydrogen (secondary N) is 2. The van der Waals surface area contributed by atoms with Gasteiger partial charge >= 0.3 is 0 Å². The van der Waals surface area contributed by atoms with Gasteiger partial charge in [0.15, 0.2) is 5.65 Å². The second-order valence-electron chi connectivity index (χ2n) is 9.22. The highest BCUT2D eigenvalue weighted by Gasteiger charge is 2.24. The average molecular weight is 503 g/mol. The third kappa shape index (κ3) is 3.65. The Morgan fingerprint density at radius 1 is 0.892 bits per heavy atom. The van der Waals surface area contributed by atoms with Crippen molar-refractivity contribution in [1.29, 1.82) is 5.26 Å². The van der Waals surface area contributed by atoms with Crippen LogP contribution in [0.2, 0.25) is 0 Å². The number of aromatic amines is 2. The third-order valence-corrected chi connectivity index (χ3v) is 7.94. The van der Waals surface area contributed by atoms with Gasteiger partial charge in [-0.2, -0.15) is 25.8 Å². The molecule has 0 aliphatic carbocycles. The number of anilines is 1. The van der Waals surface area contributed by atoms with Crippen LogP contribution in [0.5, 0.6) is 0 Å². The van der Waals surface area contributed by atoms with E-state index >= 15 is 0 Å². The molecule has 0 spiro atoms. The SMILES string of the molecule is N#Cc1c(-c2ccc3n[nH]nc3c2)nc2n[nH]c(-c3cccs3)c2c1-c1ccc(N2CCCCC2)cc1. The summed E-state index contributed by atoms with van der Waals surface area (Å²) in [5.74, 6) is 0. The van der Waals surface area contributed by atoms with E-state index in [2.05, 4.69) is 66.9 Å². The van der Waals surface area contributed by atoms with E-state index in [-0.39, 0.29) is 0 Å². The summed E-state index contributed by atoms with van der Waals surface area (Å²) >= 11 is 1.63. The number of piperidine rings is 1. The first-order chi connectivity index (χ1) is 18.3. The van der Waals surface area contributed by atoms with Gasteiger partial charge in [0, 0.05) is 29.9 Å². The Hall–Kier alpha value is -4.55. The number of hydrogen-bond acceptors (Lipinski definition) is 7. The van der Waals surface area contributed by atoms with Gasteiger partial charge < -0.3 is 4.90 Å². The van der Waals surface area contributed by atoms with Crippen LogP contribution < -0.4 is 4.90 Å². The quantitative estimate of drug-likeness (QED) is 0.299. The summed E-state index contributed by atoms with van der Waals surface area (Å²) in [5, 5.41) is 32.2. The zero-order valence-electron chi connectivity index (χ0n) is 19.9. The van der Waals surface area contributed by atoms with Gasteiger partial charge in [-0.3, -0.25) is 5.10 Å². The van der Waals surface area contributed by atoms with Gasteiger partial charge in [0.2, 0.25) is 0 Å². The van der Waals surface area contributed by atoms with Crippen LogP contribution >= 0.6 is 11.3 Å². The van der Waals surface area contributed by atoms with Crippen molar-refractivity contribution in [2.45, 2.75) is 19.3 Å². The molecule has 4 aromatic heterocycles. The number of aromatic nitrogens is 6. The van der Waals surface area contributed by atoms with Gasteiger partial charge in [-0.25, -0.2) is 4.98 Å².